The van der Waals surface area contributed by atoms with Gasteiger partial charge in [-0.05, 0) is 19.9 Å². The minimum Gasteiger partial charge on any atom is -0.376 e. The van der Waals surface area contributed by atoms with E-state index in [1.807, 2.05) is 31.2 Å². The number of hydrogen-bond acceptors (Lipinski definition) is 6. The van der Waals surface area contributed by atoms with E-state index in [0.29, 0.717) is 29.5 Å². The topological polar surface area (TPSA) is 94.1 Å². The Hall–Kier alpha value is -3.22. The monoisotopic (exact) mass is 324 g/mol. The molecule has 3 aromatic rings. The number of nitro groups is 1. The molecule has 0 fully saturated rings. The van der Waals surface area contributed by atoms with E-state index in [1.165, 1.54) is 6.07 Å². The van der Waals surface area contributed by atoms with E-state index in [2.05, 4.69) is 15.5 Å². The summed E-state index contributed by atoms with van der Waals surface area (Å²) in [6, 6.07) is 12.7. The second kappa shape index (κ2) is 6.49. The van der Waals surface area contributed by atoms with E-state index >= 15 is 0 Å². The summed E-state index contributed by atoms with van der Waals surface area (Å²) in [5, 5.41) is 18.0. The first kappa shape index (κ1) is 15.7. The molecule has 3 rings (SSSR count). The fourth-order valence-electron chi connectivity index (χ4n) is 2.33. The second-order valence-corrected chi connectivity index (χ2v) is 5.44. The van der Waals surface area contributed by atoms with Gasteiger partial charge < -0.3 is 9.84 Å². The molecule has 0 radical (unpaired) electrons. The predicted molar refractivity (Wildman–Crippen MR) is 89.6 cm³/mol. The molecule has 0 atom stereocenters. The molecule has 7 heteroatoms. The van der Waals surface area contributed by atoms with Crippen molar-refractivity contribution >= 4 is 11.4 Å². The summed E-state index contributed by atoms with van der Waals surface area (Å²) in [6.45, 7) is 4.00. The highest BCUT2D eigenvalue weighted by atomic mass is 16.6. The van der Waals surface area contributed by atoms with Gasteiger partial charge in [0, 0.05) is 22.9 Å². The minimum atomic E-state index is -0.400. The molecule has 0 amide bonds. The number of benzene rings is 2. The molecular weight excluding hydrogens is 308 g/mol. The quantitative estimate of drug-likeness (QED) is 0.565. The molecule has 1 aromatic heterocycles. The highest BCUT2D eigenvalue weighted by Gasteiger charge is 2.14. The third-order valence-electron chi connectivity index (χ3n) is 3.71. The normalized spacial score (nSPS) is 10.6. The van der Waals surface area contributed by atoms with Crippen LogP contribution in [0.15, 0.2) is 47.0 Å². The third kappa shape index (κ3) is 3.24. The van der Waals surface area contributed by atoms with Crippen LogP contribution in [0.25, 0.3) is 11.4 Å². The summed E-state index contributed by atoms with van der Waals surface area (Å²) in [5.41, 5.74) is 3.35. The Morgan fingerprint density at radius 2 is 1.92 bits per heavy atom. The summed E-state index contributed by atoms with van der Waals surface area (Å²) >= 11 is 0. The third-order valence-corrected chi connectivity index (χ3v) is 3.71. The van der Waals surface area contributed by atoms with E-state index in [4.69, 9.17) is 4.52 Å². The summed E-state index contributed by atoms with van der Waals surface area (Å²) in [4.78, 5) is 14.9. The van der Waals surface area contributed by atoms with Crippen LogP contribution in [0, 0.1) is 24.0 Å². The lowest BCUT2D eigenvalue weighted by atomic mass is 10.1. The van der Waals surface area contributed by atoms with Crippen LogP contribution in [0.1, 0.15) is 17.0 Å². The Balaban J connectivity index is 1.73. The number of rotatable bonds is 5. The van der Waals surface area contributed by atoms with Crippen LogP contribution >= 0.6 is 0 Å². The Morgan fingerprint density at radius 1 is 1.17 bits per heavy atom. The van der Waals surface area contributed by atoms with Gasteiger partial charge in [-0.25, -0.2) is 0 Å². The van der Waals surface area contributed by atoms with Crippen molar-refractivity contribution in [3.05, 3.63) is 69.6 Å². The fraction of sp³-hybridized carbons (Fsp3) is 0.176. The lowest BCUT2D eigenvalue weighted by Crippen LogP contribution is -2.03. The summed E-state index contributed by atoms with van der Waals surface area (Å²) in [7, 11) is 0. The maximum absolute atomic E-state index is 11.0. The van der Waals surface area contributed by atoms with Crippen LogP contribution in [0.5, 0.6) is 0 Å². The van der Waals surface area contributed by atoms with Crippen LogP contribution in [-0.2, 0) is 6.54 Å². The van der Waals surface area contributed by atoms with Gasteiger partial charge in [-0.15, -0.1) is 0 Å². The molecule has 1 N–H and O–H groups in total. The van der Waals surface area contributed by atoms with E-state index in [1.54, 1.807) is 19.1 Å². The number of anilines is 1. The average molecular weight is 324 g/mol. The summed E-state index contributed by atoms with van der Waals surface area (Å²) in [6.07, 6.45) is 0. The maximum Gasteiger partial charge on any atom is 0.274 e. The molecule has 0 saturated heterocycles. The Kier molecular flexibility index (Phi) is 4.24. The number of nitro benzene ring substituents is 1. The number of nitrogens with one attached hydrogen (secondary N) is 1. The molecule has 24 heavy (non-hydrogen) atoms. The van der Waals surface area contributed by atoms with Crippen molar-refractivity contribution in [1.82, 2.24) is 10.1 Å². The largest absolute Gasteiger partial charge is 0.376 e. The zero-order valence-electron chi connectivity index (χ0n) is 13.3. The van der Waals surface area contributed by atoms with Crippen molar-refractivity contribution in [2.45, 2.75) is 20.4 Å². The van der Waals surface area contributed by atoms with Gasteiger partial charge in [0.25, 0.3) is 5.69 Å². The Bertz CT molecular complexity index is 872. The zero-order chi connectivity index (χ0) is 17.1. The van der Waals surface area contributed by atoms with E-state index in [0.717, 1.165) is 11.1 Å². The Labute approximate surface area is 138 Å². The smallest absolute Gasteiger partial charge is 0.274 e. The molecule has 0 aliphatic carbocycles. The number of hydrogen-bond donors (Lipinski definition) is 1. The maximum atomic E-state index is 11.0. The second-order valence-electron chi connectivity index (χ2n) is 5.44. The van der Waals surface area contributed by atoms with Gasteiger partial charge in [0.05, 0.1) is 11.5 Å². The fourth-order valence-corrected chi connectivity index (χ4v) is 2.33. The summed E-state index contributed by atoms with van der Waals surface area (Å²) < 4.78 is 5.23. The van der Waals surface area contributed by atoms with Crippen LogP contribution in [-0.4, -0.2) is 15.1 Å². The van der Waals surface area contributed by atoms with Crippen molar-refractivity contribution in [3.8, 4) is 11.4 Å². The molecular formula is C17H16N4O3. The molecule has 0 spiro atoms. The molecule has 0 saturated carbocycles. The molecule has 0 bridgehead atoms. The van der Waals surface area contributed by atoms with Gasteiger partial charge >= 0.3 is 0 Å². The average Bonchev–Trinajstić information content (AvgIpc) is 3.03. The molecule has 1 heterocycles. The van der Waals surface area contributed by atoms with Crippen molar-refractivity contribution in [2.75, 3.05) is 5.32 Å². The van der Waals surface area contributed by atoms with Gasteiger partial charge in [0.1, 0.15) is 0 Å². The lowest BCUT2D eigenvalue weighted by Gasteiger charge is -2.07. The van der Waals surface area contributed by atoms with Crippen LogP contribution in [0.4, 0.5) is 11.4 Å². The lowest BCUT2D eigenvalue weighted by molar-refractivity contribution is -0.385. The SMILES string of the molecule is Cc1ccc(-c2noc(CNc3cccc([N+](=O)[O-])c3C)n2)cc1. The Morgan fingerprint density at radius 3 is 2.62 bits per heavy atom. The molecule has 122 valence electrons. The van der Waals surface area contributed by atoms with Gasteiger partial charge in [0.15, 0.2) is 0 Å². The predicted octanol–water partition coefficient (Wildman–Crippen LogP) is 3.87. The van der Waals surface area contributed by atoms with Crippen molar-refractivity contribution < 1.29 is 9.45 Å². The first-order valence-corrected chi connectivity index (χ1v) is 7.42. The summed E-state index contributed by atoms with van der Waals surface area (Å²) in [5.74, 6) is 0.930. The van der Waals surface area contributed by atoms with Crippen molar-refractivity contribution in [3.63, 3.8) is 0 Å². The minimum absolute atomic E-state index is 0.0749. The standard InChI is InChI=1S/C17H16N4O3/c1-11-6-8-13(9-7-11)17-19-16(24-20-17)10-18-14-4-3-5-15(12(14)2)21(22)23/h3-9,18H,10H2,1-2H3. The van der Waals surface area contributed by atoms with E-state index < -0.39 is 4.92 Å². The van der Waals surface area contributed by atoms with Crippen LogP contribution in [0.3, 0.4) is 0 Å². The van der Waals surface area contributed by atoms with E-state index in [-0.39, 0.29) is 5.69 Å². The van der Waals surface area contributed by atoms with Gasteiger partial charge in [-0.1, -0.05) is 41.1 Å². The van der Waals surface area contributed by atoms with Crippen LogP contribution in [0.2, 0.25) is 0 Å². The van der Waals surface area contributed by atoms with Crippen molar-refractivity contribution in [1.29, 1.82) is 0 Å². The first-order valence-electron chi connectivity index (χ1n) is 7.42. The van der Waals surface area contributed by atoms with Crippen LogP contribution < -0.4 is 5.32 Å². The molecule has 0 aliphatic heterocycles. The number of aromatic nitrogens is 2. The zero-order valence-corrected chi connectivity index (χ0v) is 13.3. The van der Waals surface area contributed by atoms with Gasteiger partial charge in [0.2, 0.25) is 11.7 Å². The first-order chi connectivity index (χ1) is 11.5. The molecule has 0 aliphatic rings. The highest BCUT2D eigenvalue weighted by molar-refractivity contribution is 5.60. The molecule has 7 nitrogen and oxygen atoms in total. The number of aryl methyl sites for hydroxylation is 1. The van der Waals surface area contributed by atoms with Gasteiger partial charge in [-0.3, -0.25) is 10.1 Å². The van der Waals surface area contributed by atoms with E-state index in [9.17, 15) is 10.1 Å². The molecule has 0 unspecified atom stereocenters. The van der Waals surface area contributed by atoms with Crippen molar-refractivity contribution in [2.24, 2.45) is 0 Å². The number of nitrogens with zero attached hydrogens (tertiary/aromatic N) is 3. The molecule has 2 aromatic carbocycles. The highest BCUT2D eigenvalue weighted by Crippen LogP contribution is 2.25. The van der Waals surface area contributed by atoms with Gasteiger partial charge in [-0.2, -0.15) is 4.98 Å².